The molecule has 0 radical (unpaired) electrons. The monoisotopic (exact) mass is 510 g/mol. The van der Waals surface area contributed by atoms with E-state index in [1.807, 2.05) is 12.3 Å². The number of aryl methyl sites for hydroxylation is 1. The maximum atomic E-state index is 12.1. The van der Waals surface area contributed by atoms with E-state index >= 15 is 0 Å². The number of piperazine rings is 1. The molecule has 0 unspecified atom stereocenters. The third-order valence-electron chi connectivity index (χ3n) is 7.32. The number of thiophene rings is 1. The van der Waals surface area contributed by atoms with Gasteiger partial charge in [-0.25, -0.2) is 0 Å². The van der Waals surface area contributed by atoms with Crippen LogP contribution in [0.4, 0.5) is 0 Å². The van der Waals surface area contributed by atoms with Crippen LogP contribution in [-0.2, 0) is 22.7 Å². The van der Waals surface area contributed by atoms with Crippen molar-refractivity contribution >= 4 is 45.0 Å². The number of carbonyl (C=O) groups excluding carboxylic acids is 2. The molecule has 4 heterocycles. The second kappa shape index (κ2) is 9.97. The van der Waals surface area contributed by atoms with Crippen LogP contribution in [0.5, 0.6) is 0 Å². The first kappa shape index (κ1) is 24.4. The number of rotatable bonds is 6. The molecule has 0 spiro atoms. The lowest BCUT2D eigenvalue weighted by molar-refractivity contribution is -0.138. The van der Waals surface area contributed by atoms with Crippen molar-refractivity contribution in [3.8, 4) is 11.1 Å². The highest BCUT2D eigenvalue weighted by Crippen LogP contribution is 2.39. The molecule has 5 rings (SSSR count). The number of likely N-dealkylation sites (N-methyl/N-ethyl adjacent to an activating group) is 1. The topological polar surface area (TPSA) is 56.8 Å². The Labute approximate surface area is 215 Å². The van der Waals surface area contributed by atoms with Gasteiger partial charge in [0, 0.05) is 66.7 Å². The molecule has 0 saturated carbocycles. The second-order valence-electron chi connectivity index (χ2n) is 9.62. The standard InChI is InChI=1S/C27H31ClN4O2S/c1-4-30-9-10-31(18(3)14-30)16-23-17(2)11-19(28)12-22(23)21-7-8-29-24-13-20(35-27(21)24)15-32-25(33)5-6-26(32)34/h7-8,11-13,18H,4-6,9-10,14-16H2,1-3H3/t18-/m0/s1. The number of nitrogens with zero attached hydrogens (tertiary/aromatic N) is 4. The predicted octanol–water partition coefficient (Wildman–Crippen LogP) is 5.10. The van der Waals surface area contributed by atoms with Crippen molar-refractivity contribution in [2.24, 2.45) is 0 Å². The van der Waals surface area contributed by atoms with E-state index in [4.69, 9.17) is 11.6 Å². The third kappa shape index (κ3) is 4.87. The minimum Gasteiger partial charge on any atom is -0.301 e. The molecule has 2 aromatic heterocycles. The van der Waals surface area contributed by atoms with Gasteiger partial charge in [-0.15, -0.1) is 11.3 Å². The van der Waals surface area contributed by atoms with Crippen LogP contribution in [0.15, 0.2) is 30.5 Å². The average Bonchev–Trinajstić information content (AvgIpc) is 3.39. The lowest BCUT2D eigenvalue weighted by Gasteiger charge is -2.40. The lowest BCUT2D eigenvalue weighted by atomic mass is 9.95. The van der Waals surface area contributed by atoms with Crippen molar-refractivity contribution in [3.05, 3.63) is 51.5 Å². The van der Waals surface area contributed by atoms with Crippen LogP contribution < -0.4 is 0 Å². The maximum Gasteiger partial charge on any atom is 0.230 e. The average molecular weight is 511 g/mol. The fourth-order valence-electron chi connectivity index (χ4n) is 5.25. The van der Waals surface area contributed by atoms with Crippen molar-refractivity contribution < 1.29 is 9.59 Å². The van der Waals surface area contributed by atoms with Crippen molar-refractivity contribution in [1.29, 1.82) is 0 Å². The first-order chi connectivity index (χ1) is 16.8. The van der Waals surface area contributed by atoms with Gasteiger partial charge in [0.05, 0.1) is 16.8 Å². The summed E-state index contributed by atoms with van der Waals surface area (Å²) in [6.07, 6.45) is 2.45. The normalized spacial score (nSPS) is 19.9. The Kier molecular flexibility index (Phi) is 6.95. The van der Waals surface area contributed by atoms with Crippen LogP contribution in [0.2, 0.25) is 5.02 Å². The van der Waals surface area contributed by atoms with Gasteiger partial charge in [-0.1, -0.05) is 18.5 Å². The molecule has 1 atom stereocenters. The van der Waals surface area contributed by atoms with Gasteiger partial charge in [-0.2, -0.15) is 0 Å². The molecule has 2 saturated heterocycles. The Morgan fingerprint density at radius 3 is 2.57 bits per heavy atom. The number of amides is 2. The zero-order valence-electron chi connectivity index (χ0n) is 20.5. The molecule has 2 fully saturated rings. The number of aromatic nitrogens is 1. The number of likely N-dealkylation sites (tertiary alicyclic amines) is 1. The predicted molar refractivity (Wildman–Crippen MR) is 142 cm³/mol. The number of pyridine rings is 1. The van der Waals surface area contributed by atoms with Gasteiger partial charge in [0.25, 0.3) is 0 Å². The van der Waals surface area contributed by atoms with E-state index in [2.05, 4.69) is 53.8 Å². The van der Waals surface area contributed by atoms with Crippen molar-refractivity contribution in [2.75, 3.05) is 26.2 Å². The van der Waals surface area contributed by atoms with Gasteiger partial charge in [-0.3, -0.25) is 24.4 Å². The van der Waals surface area contributed by atoms with Crippen LogP contribution in [0, 0.1) is 6.92 Å². The largest absolute Gasteiger partial charge is 0.301 e. The number of halogens is 1. The maximum absolute atomic E-state index is 12.1. The SMILES string of the molecule is CCN1CCN(Cc2c(C)cc(Cl)cc2-c2ccnc3cc(CN4C(=O)CCC4=O)sc23)[C@@H](C)C1. The Balaban J connectivity index is 1.51. The van der Waals surface area contributed by atoms with Gasteiger partial charge in [0.2, 0.25) is 11.8 Å². The summed E-state index contributed by atoms with van der Waals surface area (Å²) in [5.74, 6) is -0.184. The van der Waals surface area contributed by atoms with Gasteiger partial charge in [0.1, 0.15) is 0 Å². The first-order valence-electron chi connectivity index (χ1n) is 12.3. The third-order valence-corrected chi connectivity index (χ3v) is 8.68. The van der Waals surface area contributed by atoms with Gasteiger partial charge in [0.15, 0.2) is 0 Å². The molecule has 0 N–H and O–H groups in total. The molecule has 3 aromatic rings. The molecule has 184 valence electrons. The van der Waals surface area contributed by atoms with Crippen molar-refractivity contribution in [3.63, 3.8) is 0 Å². The molecule has 35 heavy (non-hydrogen) atoms. The van der Waals surface area contributed by atoms with E-state index in [0.717, 1.165) is 64.0 Å². The molecule has 2 aliphatic rings. The van der Waals surface area contributed by atoms with Gasteiger partial charge >= 0.3 is 0 Å². The molecule has 2 aliphatic heterocycles. The lowest BCUT2D eigenvalue weighted by Crippen LogP contribution is -2.51. The summed E-state index contributed by atoms with van der Waals surface area (Å²) in [5.41, 5.74) is 5.60. The molecular formula is C27H31ClN4O2S. The van der Waals surface area contributed by atoms with Crippen LogP contribution in [0.25, 0.3) is 21.3 Å². The Morgan fingerprint density at radius 1 is 1.09 bits per heavy atom. The summed E-state index contributed by atoms with van der Waals surface area (Å²) in [6.45, 7) is 12.2. The molecule has 2 amide bonds. The van der Waals surface area contributed by atoms with Crippen LogP contribution >= 0.6 is 22.9 Å². The van der Waals surface area contributed by atoms with Gasteiger partial charge < -0.3 is 4.90 Å². The zero-order chi connectivity index (χ0) is 24.7. The number of imide groups is 1. The highest BCUT2D eigenvalue weighted by molar-refractivity contribution is 7.19. The fraction of sp³-hybridized carbons (Fsp3) is 0.444. The Hall–Kier alpha value is -2.32. The van der Waals surface area contributed by atoms with E-state index in [1.165, 1.54) is 16.0 Å². The summed E-state index contributed by atoms with van der Waals surface area (Å²) in [6, 6.07) is 8.66. The van der Waals surface area contributed by atoms with Gasteiger partial charge in [-0.05, 0) is 61.3 Å². The number of hydrogen-bond acceptors (Lipinski definition) is 6. The minimum atomic E-state index is -0.0920. The molecule has 8 heteroatoms. The van der Waals surface area contributed by atoms with Crippen LogP contribution in [0.3, 0.4) is 0 Å². The fourth-order valence-corrected chi connectivity index (χ4v) is 6.66. The second-order valence-corrected chi connectivity index (χ2v) is 11.2. The van der Waals surface area contributed by atoms with E-state index in [1.54, 1.807) is 11.3 Å². The summed E-state index contributed by atoms with van der Waals surface area (Å²) in [5, 5.41) is 0.722. The number of carbonyl (C=O) groups is 2. The molecule has 6 nitrogen and oxygen atoms in total. The molecule has 0 aliphatic carbocycles. The highest BCUT2D eigenvalue weighted by atomic mass is 35.5. The number of benzene rings is 1. The first-order valence-corrected chi connectivity index (χ1v) is 13.5. The minimum absolute atomic E-state index is 0.0920. The van der Waals surface area contributed by atoms with E-state index in [-0.39, 0.29) is 11.8 Å². The zero-order valence-corrected chi connectivity index (χ0v) is 22.1. The molecule has 0 bridgehead atoms. The summed E-state index contributed by atoms with van der Waals surface area (Å²) in [7, 11) is 0. The quantitative estimate of drug-likeness (QED) is 0.432. The summed E-state index contributed by atoms with van der Waals surface area (Å²) < 4.78 is 1.06. The molecule has 1 aromatic carbocycles. The van der Waals surface area contributed by atoms with Crippen LogP contribution in [-0.4, -0.2) is 63.7 Å². The van der Waals surface area contributed by atoms with Crippen molar-refractivity contribution in [2.45, 2.75) is 52.7 Å². The van der Waals surface area contributed by atoms with Crippen molar-refractivity contribution in [1.82, 2.24) is 19.7 Å². The van der Waals surface area contributed by atoms with E-state index in [9.17, 15) is 9.59 Å². The Bertz CT molecular complexity index is 1270. The number of hydrogen-bond donors (Lipinski definition) is 0. The highest BCUT2D eigenvalue weighted by Gasteiger charge is 2.29. The van der Waals surface area contributed by atoms with E-state index in [0.29, 0.717) is 25.4 Å². The van der Waals surface area contributed by atoms with E-state index < -0.39 is 0 Å². The molecular weight excluding hydrogens is 480 g/mol. The number of fused-ring (bicyclic) bond motifs is 1. The smallest absolute Gasteiger partial charge is 0.230 e. The summed E-state index contributed by atoms with van der Waals surface area (Å²) >= 11 is 8.18. The van der Waals surface area contributed by atoms with Crippen LogP contribution in [0.1, 0.15) is 42.7 Å². The Morgan fingerprint density at radius 2 is 1.86 bits per heavy atom. The summed E-state index contributed by atoms with van der Waals surface area (Å²) in [4.78, 5) is 36.3.